The second-order valence-electron chi connectivity index (χ2n) is 9.35. The maximum absolute atomic E-state index is 13.7. The number of pyridine rings is 1. The molecule has 0 spiro atoms. The van der Waals surface area contributed by atoms with Crippen molar-refractivity contribution >= 4 is 16.8 Å². The molecule has 0 saturated carbocycles. The molecule has 4 rings (SSSR count). The third kappa shape index (κ3) is 5.92. The number of methoxy groups -OCH3 is 2. The highest BCUT2D eigenvalue weighted by Gasteiger charge is 2.31. The Bertz CT molecular complexity index is 1140. The van der Waals surface area contributed by atoms with Crippen LogP contribution < -0.4 is 9.47 Å². The van der Waals surface area contributed by atoms with Gasteiger partial charge in [-0.3, -0.25) is 14.7 Å². The van der Waals surface area contributed by atoms with Crippen LogP contribution >= 0.6 is 0 Å². The number of nitrogens with zero attached hydrogens (tertiary/aromatic N) is 3. The molecule has 3 aromatic rings. The van der Waals surface area contributed by atoms with Crippen LogP contribution in [0.2, 0.25) is 0 Å². The average molecular weight is 478 g/mol. The lowest BCUT2D eigenvalue weighted by molar-refractivity contribution is -0.151. The quantitative estimate of drug-likeness (QED) is 0.462. The second-order valence-corrected chi connectivity index (χ2v) is 9.35. The number of fused-ring (bicyclic) bond motifs is 1. The van der Waals surface area contributed by atoms with Crippen LogP contribution in [0.1, 0.15) is 25.0 Å². The topological polar surface area (TPSA) is 64.1 Å². The van der Waals surface area contributed by atoms with Crippen molar-refractivity contribution in [3.8, 4) is 11.5 Å². The summed E-state index contributed by atoms with van der Waals surface area (Å²) >= 11 is 0. The number of morpholine rings is 1. The minimum absolute atomic E-state index is 0.0222. The molecule has 1 amide bonds. The van der Waals surface area contributed by atoms with Crippen LogP contribution in [0.15, 0.2) is 54.7 Å². The van der Waals surface area contributed by atoms with E-state index >= 15 is 0 Å². The van der Waals surface area contributed by atoms with E-state index in [9.17, 15) is 4.79 Å². The maximum Gasteiger partial charge on any atom is 0.253 e. The summed E-state index contributed by atoms with van der Waals surface area (Å²) in [5.74, 6) is 1.79. The number of carbonyl (C=O) groups excluding carboxylic acids is 1. The molecule has 0 aliphatic carbocycles. The molecule has 1 fully saturated rings. The number of benzene rings is 2. The number of para-hydroxylation sites is 2. The molecule has 186 valence electrons. The fourth-order valence-electron chi connectivity index (χ4n) is 4.69. The molecular weight excluding hydrogens is 442 g/mol. The summed E-state index contributed by atoms with van der Waals surface area (Å²) in [5, 5.41) is 1.08. The molecule has 7 nitrogen and oxygen atoms in total. The number of ether oxygens (including phenoxy) is 3. The zero-order chi connectivity index (χ0) is 24.8. The van der Waals surface area contributed by atoms with Crippen molar-refractivity contribution < 1.29 is 19.0 Å². The van der Waals surface area contributed by atoms with E-state index in [1.54, 1.807) is 20.4 Å². The predicted molar refractivity (Wildman–Crippen MR) is 137 cm³/mol. The van der Waals surface area contributed by atoms with E-state index in [1.807, 2.05) is 35.2 Å². The van der Waals surface area contributed by atoms with E-state index < -0.39 is 6.10 Å². The Kier molecular flexibility index (Phi) is 8.21. The van der Waals surface area contributed by atoms with Crippen LogP contribution in [0.3, 0.4) is 0 Å². The third-order valence-electron chi connectivity index (χ3n) is 6.28. The lowest BCUT2D eigenvalue weighted by atomic mass is 10.1. The standard InChI is InChI=1S/C28H35N3O4/c1-20(2)16-31(18-22-9-5-8-21-11-7-13-29-26(21)22)28(32)25-19-30(14-15-35-25)17-23-10-6-12-24(33-3)27(23)34-4/h5-13,20,25H,14-19H2,1-4H3/t25-/m1/s1. The zero-order valence-electron chi connectivity index (χ0n) is 21.1. The molecule has 0 N–H and O–H groups in total. The minimum Gasteiger partial charge on any atom is -0.493 e. The highest BCUT2D eigenvalue weighted by Crippen LogP contribution is 2.32. The zero-order valence-corrected chi connectivity index (χ0v) is 21.1. The van der Waals surface area contributed by atoms with Gasteiger partial charge in [0.05, 0.1) is 26.3 Å². The Morgan fingerprint density at radius 1 is 1.11 bits per heavy atom. The minimum atomic E-state index is -0.512. The monoisotopic (exact) mass is 477 g/mol. The maximum atomic E-state index is 13.7. The summed E-state index contributed by atoms with van der Waals surface area (Å²) in [5.41, 5.74) is 3.01. The summed E-state index contributed by atoms with van der Waals surface area (Å²) in [7, 11) is 3.29. The molecule has 1 saturated heterocycles. The van der Waals surface area contributed by atoms with Crippen molar-refractivity contribution in [3.05, 3.63) is 65.9 Å². The van der Waals surface area contributed by atoms with Crippen LogP contribution in [0.4, 0.5) is 0 Å². The first-order valence-electron chi connectivity index (χ1n) is 12.2. The van der Waals surface area contributed by atoms with Crippen LogP contribution in [0, 0.1) is 5.92 Å². The normalized spacial score (nSPS) is 16.4. The molecule has 35 heavy (non-hydrogen) atoms. The first kappa shape index (κ1) is 24.9. The summed E-state index contributed by atoms with van der Waals surface area (Å²) in [6.07, 6.45) is 1.29. The van der Waals surface area contributed by atoms with Crippen LogP contribution in [0.25, 0.3) is 10.9 Å². The lowest BCUT2D eigenvalue weighted by Gasteiger charge is -2.36. The van der Waals surface area contributed by atoms with E-state index in [-0.39, 0.29) is 5.91 Å². The number of amides is 1. The number of aromatic nitrogens is 1. The van der Waals surface area contributed by atoms with Crippen molar-refractivity contribution in [3.63, 3.8) is 0 Å². The van der Waals surface area contributed by atoms with Crippen molar-refractivity contribution in [1.82, 2.24) is 14.8 Å². The van der Waals surface area contributed by atoms with E-state index in [4.69, 9.17) is 14.2 Å². The first-order valence-corrected chi connectivity index (χ1v) is 12.2. The Labute approximate surface area is 207 Å². The molecule has 1 aliphatic heterocycles. The molecule has 0 bridgehead atoms. The highest BCUT2D eigenvalue weighted by molar-refractivity contribution is 5.84. The van der Waals surface area contributed by atoms with Gasteiger partial charge in [0, 0.05) is 49.9 Å². The van der Waals surface area contributed by atoms with Crippen LogP contribution in [0.5, 0.6) is 11.5 Å². The number of hydrogen-bond acceptors (Lipinski definition) is 6. The fraction of sp³-hybridized carbons (Fsp3) is 0.429. The first-order chi connectivity index (χ1) is 17.0. The number of hydrogen-bond donors (Lipinski definition) is 0. The molecule has 7 heteroatoms. The van der Waals surface area contributed by atoms with Gasteiger partial charge in [-0.25, -0.2) is 0 Å². The van der Waals surface area contributed by atoms with Crippen LogP contribution in [-0.2, 0) is 22.6 Å². The molecule has 2 aromatic carbocycles. The molecule has 2 heterocycles. The Morgan fingerprint density at radius 3 is 2.66 bits per heavy atom. The summed E-state index contributed by atoms with van der Waals surface area (Å²) in [6.45, 7) is 7.87. The van der Waals surface area contributed by atoms with E-state index in [0.717, 1.165) is 34.3 Å². The summed E-state index contributed by atoms with van der Waals surface area (Å²) in [6, 6.07) is 16.0. The highest BCUT2D eigenvalue weighted by atomic mass is 16.5. The molecule has 1 atom stereocenters. The fourth-order valence-corrected chi connectivity index (χ4v) is 4.69. The van der Waals surface area contributed by atoms with Crippen molar-refractivity contribution in [2.45, 2.75) is 33.0 Å². The van der Waals surface area contributed by atoms with Gasteiger partial charge in [0.25, 0.3) is 5.91 Å². The van der Waals surface area contributed by atoms with E-state index in [1.165, 1.54) is 0 Å². The molecule has 1 aliphatic rings. The van der Waals surface area contributed by atoms with Gasteiger partial charge in [-0.1, -0.05) is 50.2 Å². The van der Waals surface area contributed by atoms with Crippen molar-refractivity contribution in [2.75, 3.05) is 40.5 Å². The van der Waals surface area contributed by atoms with Crippen molar-refractivity contribution in [2.24, 2.45) is 5.92 Å². The van der Waals surface area contributed by atoms with Gasteiger partial charge in [-0.05, 0) is 23.6 Å². The molecule has 0 unspecified atom stereocenters. The lowest BCUT2D eigenvalue weighted by Crippen LogP contribution is -2.51. The Morgan fingerprint density at radius 2 is 1.89 bits per heavy atom. The van der Waals surface area contributed by atoms with E-state index in [2.05, 4.69) is 41.9 Å². The van der Waals surface area contributed by atoms with Gasteiger partial charge in [0.2, 0.25) is 0 Å². The van der Waals surface area contributed by atoms with Gasteiger partial charge >= 0.3 is 0 Å². The van der Waals surface area contributed by atoms with E-state index in [0.29, 0.717) is 44.5 Å². The van der Waals surface area contributed by atoms with Gasteiger partial charge in [-0.2, -0.15) is 0 Å². The smallest absolute Gasteiger partial charge is 0.253 e. The average Bonchev–Trinajstić information content (AvgIpc) is 2.87. The van der Waals surface area contributed by atoms with Gasteiger partial charge in [-0.15, -0.1) is 0 Å². The third-order valence-corrected chi connectivity index (χ3v) is 6.28. The second kappa shape index (κ2) is 11.5. The molecule has 1 aromatic heterocycles. The van der Waals surface area contributed by atoms with Crippen molar-refractivity contribution in [1.29, 1.82) is 0 Å². The SMILES string of the molecule is COc1cccc(CN2CCO[C@@H](C(=O)N(Cc3cccc4cccnc34)CC(C)C)C2)c1OC. The van der Waals surface area contributed by atoms with Gasteiger partial charge in [0.1, 0.15) is 6.10 Å². The predicted octanol–water partition coefficient (Wildman–Crippen LogP) is 4.14. The Balaban J connectivity index is 1.51. The number of carbonyl (C=O) groups is 1. The van der Waals surface area contributed by atoms with Crippen LogP contribution in [-0.4, -0.2) is 67.3 Å². The summed E-state index contributed by atoms with van der Waals surface area (Å²) < 4.78 is 17.0. The Hall–Kier alpha value is -3.16. The summed E-state index contributed by atoms with van der Waals surface area (Å²) in [4.78, 5) is 22.5. The number of rotatable bonds is 9. The molecule has 0 radical (unpaired) electrons. The largest absolute Gasteiger partial charge is 0.493 e. The van der Waals surface area contributed by atoms with Gasteiger partial charge < -0.3 is 19.1 Å². The molecular formula is C28H35N3O4. The van der Waals surface area contributed by atoms with Gasteiger partial charge in [0.15, 0.2) is 11.5 Å².